The van der Waals surface area contributed by atoms with Gasteiger partial charge in [0.15, 0.2) is 0 Å². The van der Waals surface area contributed by atoms with E-state index in [1.54, 1.807) is 0 Å². The van der Waals surface area contributed by atoms with E-state index in [1.165, 1.54) is 11.1 Å². The third-order valence-electron chi connectivity index (χ3n) is 2.96. The maximum atomic E-state index is 11.7. The SMILES string of the molecule is CC(C)(C)NC(=O)CNc1ccc(-c2ccccc2)cc1. The minimum absolute atomic E-state index is 0.00497. The van der Waals surface area contributed by atoms with Crippen LogP contribution in [-0.4, -0.2) is 18.0 Å². The van der Waals surface area contributed by atoms with Crippen molar-refractivity contribution in [3.8, 4) is 11.1 Å². The molecule has 0 aliphatic heterocycles. The third-order valence-corrected chi connectivity index (χ3v) is 2.96. The van der Waals surface area contributed by atoms with Gasteiger partial charge in [0.1, 0.15) is 0 Å². The number of hydrogen-bond acceptors (Lipinski definition) is 2. The zero-order chi connectivity index (χ0) is 15.3. The summed E-state index contributed by atoms with van der Waals surface area (Å²) in [5, 5.41) is 6.06. The van der Waals surface area contributed by atoms with Gasteiger partial charge in [-0.05, 0) is 44.0 Å². The zero-order valence-electron chi connectivity index (χ0n) is 12.8. The Labute approximate surface area is 126 Å². The molecule has 0 unspecified atom stereocenters. The number of carbonyl (C=O) groups excluding carboxylic acids is 1. The van der Waals surface area contributed by atoms with Crippen LogP contribution in [0, 0.1) is 0 Å². The summed E-state index contributed by atoms with van der Waals surface area (Å²) < 4.78 is 0. The Bertz CT molecular complexity index is 583. The van der Waals surface area contributed by atoms with Crippen LogP contribution >= 0.6 is 0 Å². The first-order chi connectivity index (χ1) is 9.94. The van der Waals surface area contributed by atoms with Crippen LogP contribution in [0.2, 0.25) is 0 Å². The molecule has 0 saturated heterocycles. The summed E-state index contributed by atoms with van der Waals surface area (Å²) >= 11 is 0. The molecule has 0 saturated carbocycles. The first kappa shape index (κ1) is 15.1. The predicted molar refractivity (Wildman–Crippen MR) is 88.3 cm³/mol. The minimum Gasteiger partial charge on any atom is -0.376 e. The molecule has 0 radical (unpaired) electrons. The molecule has 3 nitrogen and oxygen atoms in total. The van der Waals surface area contributed by atoms with Crippen molar-refractivity contribution >= 4 is 11.6 Å². The smallest absolute Gasteiger partial charge is 0.239 e. The van der Waals surface area contributed by atoms with Gasteiger partial charge in [-0.1, -0.05) is 42.5 Å². The highest BCUT2D eigenvalue weighted by Gasteiger charge is 2.12. The van der Waals surface area contributed by atoms with Crippen molar-refractivity contribution in [2.75, 3.05) is 11.9 Å². The molecule has 0 fully saturated rings. The van der Waals surface area contributed by atoms with E-state index < -0.39 is 0 Å². The Morgan fingerprint density at radius 1 is 0.905 bits per heavy atom. The monoisotopic (exact) mass is 282 g/mol. The molecule has 0 heterocycles. The molecule has 2 aromatic rings. The fourth-order valence-electron chi connectivity index (χ4n) is 2.06. The second-order valence-electron chi connectivity index (χ2n) is 6.10. The Kier molecular flexibility index (Phi) is 4.63. The third kappa shape index (κ3) is 4.95. The molecule has 0 aromatic heterocycles. The van der Waals surface area contributed by atoms with Crippen LogP contribution in [-0.2, 0) is 4.79 Å². The molecule has 0 aliphatic rings. The lowest BCUT2D eigenvalue weighted by Gasteiger charge is -2.20. The molecule has 110 valence electrons. The van der Waals surface area contributed by atoms with Crippen LogP contribution in [0.25, 0.3) is 11.1 Å². The zero-order valence-corrected chi connectivity index (χ0v) is 12.8. The van der Waals surface area contributed by atoms with E-state index in [1.807, 2.05) is 51.1 Å². The summed E-state index contributed by atoms with van der Waals surface area (Å²) in [7, 11) is 0. The van der Waals surface area contributed by atoms with E-state index in [9.17, 15) is 4.79 Å². The lowest BCUT2D eigenvalue weighted by molar-refractivity contribution is -0.120. The number of carbonyl (C=O) groups is 1. The van der Waals surface area contributed by atoms with Gasteiger partial charge in [0.25, 0.3) is 0 Å². The minimum atomic E-state index is -0.198. The van der Waals surface area contributed by atoms with Gasteiger partial charge in [-0.25, -0.2) is 0 Å². The molecule has 2 aromatic carbocycles. The maximum Gasteiger partial charge on any atom is 0.239 e. The van der Waals surface area contributed by atoms with Crippen molar-refractivity contribution in [3.63, 3.8) is 0 Å². The van der Waals surface area contributed by atoms with Gasteiger partial charge in [0, 0.05) is 11.2 Å². The summed E-state index contributed by atoms with van der Waals surface area (Å²) in [6, 6.07) is 18.3. The number of anilines is 1. The van der Waals surface area contributed by atoms with E-state index in [2.05, 4.69) is 34.9 Å². The van der Waals surface area contributed by atoms with Crippen molar-refractivity contribution < 1.29 is 4.79 Å². The topological polar surface area (TPSA) is 41.1 Å². The number of hydrogen-bond donors (Lipinski definition) is 2. The molecule has 0 aliphatic carbocycles. The van der Waals surface area contributed by atoms with Gasteiger partial charge >= 0.3 is 0 Å². The first-order valence-electron chi connectivity index (χ1n) is 7.14. The fraction of sp³-hybridized carbons (Fsp3) is 0.278. The number of rotatable bonds is 4. The van der Waals surface area contributed by atoms with E-state index in [-0.39, 0.29) is 18.0 Å². The Morgan fingerprint density at radius 3 is 2.05 bits per heavy atom. The molecule has 0 atom stereocenters. The van der Waals surface area contributed by atoms with Crippen molar-refractivity contribution in [2.24, 2.45) is 0 Å². The number of nitrogens with one attached hydrogen (secondary N) is 2. The highest BCUT2D eigenvalue weighted by atomic mass is 16.2. The number of amides is 1. The van der Waals surface area contributed by atoms with Crippen LogP contribution in [0.1, 0.15) is 20.8 Å². The van der Waals surface area contributed by atoms with Crippen LogP contribution in [0.4, 0.5) is 5.69 Å². The fourth-order valence-corrected chi connectivity index (χ4v) is 2.06. The quantitative estimate of drug-likeness (QED) is 0.898. The van der Waals surface area contributed by atoms with Crippen LogP contribution < -0.4 is 10.6 Å². The molecule has 3 heteroatoms. The summed E-state index contributed by atoms with van der Waals surface area (Å²) in [6.07, 6.45) is 0. The van der Waals surface area contributed by atoms with E-state index in [0.717, 1.165) is 5.69 Å². The summed E-state index contributed by atoms with van der Waals surface area (Å²) in [5.41, 5.74) is 3.10. The summed E-state index contributed by atoms with van der Waals surface area (Å²) in [5.74, 6) is -0.00497. The van der Waals surface area contributed by atoms with Crippen LogP contribution in [0.15, 0.2) is 54.6 Å². The Balaban J connectivity index is 1.93. The average Bonchev–Trinajstić information content (AvgIpc) is 2.45. The largest absolute Gasteiger partial charge is 0.376 e. The molecular weight excluding hydrogens is 260 g/mol. The predicted octanol–water partition coefficient (Wildman–Crippen LogP) is 3.68. The Hall–Kier alpha value is -2.29. The van der Waals surface area contributed by atoms with Crippen LogP contribution in [0.3, 0.4) is 0 Å². The lowest BCUT2D eigenvalue weighted by atomic mass is 10.1. The average molecular weight is 282 g/mol. The molecule has 0 bridgehead atoms. The molecule has 2 rings (SSSR count). The highest BCUT2D eigenvalue weighted by Crippen LogP contribution is 2.20. The standard InChI is InChI=1S/C18H22N2O/c1-18(2,3)20-17(21)13-19-16-11-9-15(10-12-16)14-7-5-4-6-8-14/h4-12,19H,13H2,1-3H3,(H,20,21). The van der Waals surface area contributed by atoms with E-state index >= 15 is 0 Å². The van der Waals surface area contributed by atoms with Crippen LogP contribution in [0.5, 0.6) is 0 Å². The van der Waals surface area contributed by atoms with Crippen molar-refractivity contribution in [3.05, 3.63) is 54.6 Å². The van der Waals surface area contributed by atoms with Crippen molar-refractivity contribution in [2.45, 2.75) is 26.3 Å². The van der Waals surface area contributed by atoms with Crippen molar-refractivity contribution in [1.82, 2.24) is 5.32 Å². The molecular formula is C18H22N2O. The summed E-state index contributed by atoms with van der Waals surface area (Å²) in [4.78, 5) is 11.7. The molecule has 21 heavy (non-hydrogen) atoms. The molecule has 0 spiro atoms. The second kappa shape index (κ2) is 6.44. The van der Waals surface area contributed by atoms with E-state index in [4.69, 9.17) is 0 Å². The van der Waals surface area contributed by atoms with Gasteiger partial charge < -0.3 is 10.6 Å². The molecule has 1 amide bonds. The van der Waals surface area contributed by atoms with E-state index in [0.29, 0.717) is 0 Å². The Morgan fingerprint density at radius 2 is 1.48 bits per heavy atom. The molecule has 2 N–H and O–H groups in total. The van der Waals surface area contributed by atoms with Gasteiger partial charge in [-0.3, -0.25) is 4.79 Å². The highest BCUT2D eigenvalue weighted by molar-refractivity contribution is 5.81. The normalized spacial score (nSPS) is 11.0. The van der Waals surface area contributed by atoms with Gasteiger partial charge in [-0.2, -0.15) is 0 Å². The maximum absolute atomic E-state index is 11.7. The van der Waals surface area contributed by atoms with Gasteiger partial charge in [0.05, 0.1) is 6.54 Å². The van der Waals surface area contributed by atoms with Gasteiger partial charge in [-0.15, -0.1) is 0 Å². The summed E-state index contributed by atoms with van der Waals surface area (Å²) in [6.45, 7) is 6.20. The lowest BCUT2D eigenvalue weighted by Crippen LogP contribution is -2.43. The van der Waals surface area contributed by atoms with Gasteiger partial charge in [0.2, 0.25) is 5.91 Å². The first-order valence-corrected chi connectivity index (χ1v) is 7.14. The van der Waals surface area contributed by atoms with Crippen molar-refractivity contribution in [1.29, 1.82) is 0 Å². The second-order valence-corrected chi connectivity index (χ2v) is 6.10. The number of benzene rings is 2.